The number of hydrogen-bond donors (Lipinski definition) is 2. The van der Waals surface area contributed by atoms with Gasteiger partial charge in [0.15, 0.2) is 5.76 Å². The van der Waals surface area contributed by atoms with Gasteiger partial charge in [-0.25, -0.2) is 4.98 Å². The van der Waals surface area contributed by atoms with Crippen molar-refractivity contribution in [2.24, 2.45) is 0 Å². The minimum atomic E-state index is -0.473. The number of thiazole rings is 1. The van der Waals surface area contributed by atoms with Crippen molar-refractivity contribution in [2.45, 2.75) is 25.2 Å². The Kier molecular flexibility index (Phi) is 7.18. The van der Waals surface area contributed by atoms with Gasteiger partial charge in [0.05, 0.1) is 18.5 Å². The molecular weight excluding hydrogens is 492 g/mol. The smallest absolute Gasteiger partial charge is 0.289 e. The summed E-state index contributed by atoms with van der Waals surface area (Å²) < 4.78 is 10.9. The number of furan rings is 1. The quantitative estimate of drug-likeness (QED) is 0.374. The number of methoxy groups -OCH3 is 1. The highest BCUT2D eigenvalue weighted by atomic mass is 32.1. The molecule has 0 radical (unpaired) electrons. The Balaban J connectivity index is 1.11. The number of hydrazine groups is 1. The van der Waals surface area contributed by atoms with Crippen LogP contribution in [0, 0.1) is 0 Å². The van der Waals surface area contributed by atoms with E-state index in [1.807, 2.05) is 30.3 Å². The Morgan fingerprint density at radius 2 is 1.89 bits per heavy atom. The van der Waals surface area contributed by atoms with Crippen molar-refractivity contribution in [3.05, 3.63) is 82.0 Å². The van der Waals surface area contributed by atoms with Gasteiger partial charge in [-0.15, -0.1) is 11.3 Å². The number of benzene rings is 2. The molecular formula is C27H26N4O5S. The van der Waals surface area contributed by atoms with Gasteiger partial charge in [0.1, 0.15) is 17.0 Å². The number of carbonyl (C=O) groups excluding carboxylic acids is 3. The molecule has 0 spiro atoms. The van der Waals surface area contributed by atoms with Crippen LogP contribution in [0.5, 0.6) is 5.75 Å². The SMILES string of the molecule is COc1cccc(CC(=O)NNC(=O)c2csc(C3CCN(C(=O)c4cc5ccccc5o4)CC3)n2)c1. The zero-order chi connectivity index (χ0) is 25.8. The summed E-state index contributed by atoms with van der Waals surface area (Å²) in [5.74, 6) is 0.236. The molecule has 1 aliphatic rings. The average Bonchev–Trinajstić information content (AvgIpc) is 3.59. The molecule has 3 amide bonds. The summed E-state index contributed by atoms with van der Waals surface area (Å²) in [6.07, 6.45) is 1.60. The van der Waals surface area contributed by atoms with Crippen molar-refractivity contribution in [3.63, 3.8) is 0 Å². The molecule has 0 saturated carbocycles. The van der Waals surface area contributed by atoms with Gasteiger partial charge in [0.2, 0.25) is 5.91 Å². The molecule has 0 atom stereocenters. The number of para-hydroxylation sites is 1. The second-order valence-corrected chi connectivity index (χ2v) is 9.71. The van der Waals surface area contributed by atoms with Crippen LogP contribution in [0.1, 0.15) is 50.4 Å². The second-order valence-electron chi connectivity index (χ2n) is 8.82. The Morgan fingerprint density at radius 3 is 2.68 bits per heavy atom. The van der Waals surface area contributed by atoms with E-state index in [2.05, 4.69) is 15.8 Å². The zero-order valence-corrected chi connectivity index (χ0v) is 21.0. The molecule has 0 bridgehead atoms. The fourth-order valence-electron chi connectivity index (χ4n) is 4.35. The number of fused-ring (bicyclic) bond motifs is 1. The van der Waals surface area contributed by atoms with E-state index in [9.17, 15) is 14.4 Å². The van der Waals surface area contributed by atoms with Gasteiger partial charge in [0.25, 0.3) is 11.8 Å². The molecule has 10 heteroatoms. The number of piperidine rings is 1. The molecule has 4 aromatic rings. The van der Waals surface area contributed by atoms with Gasteiger partial charge in [-0.2, -0.15) is 0 Å². The average molecular weight is 519 g/mol. The van der Waals surface area contributed by atoms with E-state index in [-0.39, 0.29) is 29.8 Å². The molecule has 1 saturated heterocycles. The Hall–Kier alpha value is -4.18. The van der Waals surface area contributed by atoms with E-state index in [0.29, 0.717) is 30.2 Å². The summed E-state index contributed by atoms with van der Waals surface area (Å²) in [6.45, 7) is 1.17. The molecule has 2 N–H and O–H groups in total. The van der Waals surface area contributed by atoms with E-state index in [1.165, 1.54) is 11.3 Å². The van der Waals surface area contributed by atoms with Crippen LogP contribution in [0.25, 0.3) is 11.0 Å². The molecule has 1 fully saturated rings. The second kappa shape index (κ2) is 10.8. The molecule has 9 nitrogen and oxygen atoms in total. The molecule has 190 valence electrons. The lowest BCUT2D eigenvalue weighted by Crippen LogP contribution is -2.42. The number of ether oxygens (including phenoxy) is 1. The monoisotopic (exact) mass is 518 g/mol. The number of carbonyl (C=O) groups is 3. The molecule has 5 rings (SSSR count). The van der Waals surface area contributed by atoms with E-state index >= 15 is 0 Å². The molecule has 0 aliphatic carbocycles. The van der Waals surface area contributed by atoms with Crippen LogP contribution in [0.3, 0.4) is 0 Å². The lowest BCUT2D eigenvalue weighted by atomic mass is 9.97. The first kappa shape index (κ1) is 24.5. The summed E-state index contributed by atoms with van der Waals surface area (Å²) in [4.78, 5) is 43.9. The van der Waals surface area contributed by atoms with Crippen molar-refractivity contribution in [1.29, 1.82) is 0 Å². The third-order valence-corrected chi connectivity index (χ3v) is 7.34. The van der Waals surface area contributed by atoms with Crippen LogP contribution >= 0.6 is 11.3 Å². The Labute approximate surface area is 217 Å². The third-order valence-electron chi connectivity index (χ3n) is 6.34. The number of amides is 3. The van der Waals surface area contributed by atoms with Gasteiger partial charge >= 0.3 is 0 Å². The highest BCUT2D eigenvalue weighted by Crippen LogP contribution is 2.31. The summed E-state index contributed by atoms with van der Waals surface area (Å²) in [5, 5.41) is 3.44. The fraction of sp³-hybridized carbons (Fsp3) is 0.259. The minimum Gasteiger partial charge on any atom is -0.497 e. The van der Waals surface area contributed by atoms with Crippen LogP contribution in [-0.2, 0) is 11.2 Å². The maximum Gasteiger partial charge on any atom is 0.289 e. The predicted octanol–water partition coefficient (Wildman–Crippen LogP) is 3.92. The van der Waals surface area contributed by atoms with Crippen LogP contribution in [0.2, 0.25) is 0 Å². The van der Waals surface area contributed by atoms with E-state index in [1.54, 1.807) is 41.7 Å². The van der Waals surface area contributed by atoms with Crippen molar-refractivity contribution in [2.75, 3.05) is 20.2 Å². The lowest BCUT2D eigenvalue weighted by Gasteiger charge is -2.30. The van der Waals surface area contributed by atoms with Gasteiger partial charge in [-0.3, -0.25) is 25.2 Å². The normalized spacial score (nSPS) is 13.9. The van der Waals surface area contributed by atoms with E-state index in [4.69, 9.17) is 9.15 Å². The molecule has 2 aromatic carbocycles. The predicted molar refractivity (Wildman–Crippen MR) is 139 cm³/mol. The maximum absolute atomic E-state index is 12.9. The number of nitrogens with zero attached hydrogens (tertiary/aromatic N) is 2. The van der Waals surface area contributed by atoms with E-state index < -0.39 is 5.91 Å². The van der Waals surface area contributed by atoms with Crippen LogP contribution in [0.15, 0.2) is 64.4 Å². The number of aromatic nitrogens is 1. The Morgan fingerprint density at radius 1 is 1.08 bits per heavy atom. The summed E-state index contributed by atoms with van der Waals surface area (Å²) in [5.41, 5.74) is 6.58. The van der Waals surface area contributed by atoms with Crippen LogP contribution < -0.4 is 15.6 Å². The third kappa shape index (κ3) is 5.64. The van der Waals surface area contributed by atoms with Gasteiger partial charge in [-0.1, -0.05) is 30.3 Å². The first-order valence-corrected chi connectivity index (χ1v) is 12.8. The largest absolute Gasteiger partial charge is 0.497 e. The first-order chi connectivity index (χ1) is 18.0. The number of nitrogens with one attached hydrogen (secondary N) is 2. The van der Waals surface area contributed by atoms with Crippen molar-refractivity contribution < 1.29 is 23.5 Å². The molecule has 1 aliphatic heterocycles. The van der Waals surface area contributed by atoms with Gasteiger partial charge < -0.3 is 14.1 Å². The highest BCUT2D eigenvalue weighted by Gasteiger charge is 2.28. The Bertz CT molecular complexity index is 1400. The zero-order valence-electron chi connectivity index (χ0n) is 20.2. The number of rotatable bonds is 6. The van der Waals surface area contributed by atoms with Crippen LogP contribution in [0.4, 0.5) is 0 Å². The van der Waals surface area contributed by atoms with E-state index in [0.717, 1.165) is 28.8 Å². The van der Waals surface area contributed by atoms with Gasteiger partial charge in [0, 0.05) is 29.8 Å². The van der Waals surface area contributed by atoms with Gasteiger partial charge in [-0.05, 0) is 42.7 Å². The van der Waals surface area contributed by atoms with Crippen molar-refractivity contribution in [1.82, 2.24) is 20.7 Å². The topological polar surface area (TPSA) is 114 Å². The maximum atomic E-state index is 12.9. The molecule has 2 aromatic heterocycles. The molecule has 37 heavy (non-hydrogen) atoms. The molecule has 3 heterocycles. The number of hydrogen-bond acceptors (Lipinski definition) is 7. The fourth-order valence-corrected chi connectivity index (χ4v) is 5.33. The standard InChI is InChI=1S/C27H26N4O5S/c1-35-20-7-4-5-17(13-20)14-24(32)29-30-25(33)21-16-37-26(28-21)18-9-11-31(12-10-18)27(34)23-15-19-6-2-3-8-22(19)36-23/h2-8,13,15-16,18H,9-12,14H2,1H3,(H,29,32)(H,30,33). The highest BCUT2D eigenvalue weighted by molar-refractivity contribution is 7.09. The van der Waals surface area contributed by atoms with Crippen molar-refractivity contribution >= 4 is 40.0 Å². The summed E-state index contributed by atoms with van der Waals surface area (Å²) in [7, 11) is 1.56. The molecule has 0 unspecified atom stereocenters. The minimum absolute atomic E-state index is 0.102. The van der Waals surface area contributed by atoms with Crippen LogP contribution in [-0.4, -0.2) is 47.8 Å². The summed E-state index contributed by atoms with van der Waals surface area (Å²) in [6, 6.07) is 16.5. The lowest BCUT2D eigenvalue weighted by molar-refractivity contribution is -0.121. The number of likely N-dealkylation sites (tertiary alicyclic amines) is 1. The first-order valence-electron chi connectivity index (χ1n) is 12.0. The summed E-state index contributed by atoms with van der Waals surface area (Å²) >= 11 is 1.41. The van der Waals surface area contributed by atoms with Crippen molar-refractivity contribution in [3.8, 4) is 5.75 Å².